The first kappa shape index (κ1) is 79.2. The van der Waals surface area contributed by atoms with Crippen molar-refractivity contribution in [3.05, 3.63) is 83.7 Å². The van der Waals surface area contributed by atoms with Crippen molar-refractivity contribution in [1.82, 2.24) is 41.0 Å². The Morgan fingerprint density at radius 1 is 0.733 bits per heavy atom. The number of rotatable bonds is 37. The van der Waals surface area contributed by atoms with E-state index >= 15 is 4.39 Å². The molecule has 3 rings (SSSR count). The van der Waals surface area contributed by atoms with Crippen molar-refractivity contribution in [2.24, 2.45) is 17.1 Å². The van der Waals surface area contributed by atoms with Crippen molar-refractivity contribution in [1.29, 1.82) is 0 Å². The second kappa shape index (κ2) is 45.5. The van der Waals surface area contributed by atoms with Crippen LogP contribution in [0.1, 0.15) is 152 Å². The Morgan fingerprint density at radius 3 is 1.91 bits per heavy atom. The van der Waals surface area contributed by atoms with E-state index in [1.807, 2.05) is 83.4 Å². The number of aliphatic hydroxyl groups is 1. The molecule has 4 atom stereocenters. The molecule has 0 aliphatic heterocycles. The molecule has 8 amide bonds. The largest absolute Gasteiger partial charge is 0.387 e. The van der Waals surface area contributed by atoms with E-state index in [0.717, 1.165) is 41.5 Å². The van der Waals surface area contributed by atoms with Gasteiger partial charge in [-0.25, -0.2) is 8.78 Å². The van der Waals surface area contributed by atoms with Crippen LogP contribution in [0.5, 0.6) is 0 Å². The lowest BCUT2D eigenvalue weighted by atomic mass is 9.82. The molecule has 0 aliphatic rings. The topological polar surface area (TPSA) is 282 Å². The number of hydrogen-bond acceptors (Lipinski definition) is 12. The van der Waals surface area contributed by atoms with Crippen molar-refractivity contribution < 1.29 is 66.5 Å². The average molecular weight is 1220 g/mol. The fourth-order valence-corrected chi connectivity index (χ4v) is 8.53. The minimum atomic E-state index is -1.41. The smallest absolute Gasteiger partial charge is 0.248 e. The predicted molar refractivity (Wildman–Crippen MR) is 330 cm³/mol. The monoisotopic (exact) mass is 1220 g/mol. The van der Waals surface area contributed by atoms with Crippen LogP contribution in [0.15, 0.2) is 60.8 Å². The number of carbonyl (C=O) groups excluding carboxylic acids is 8. The second-order valence-corrected chi connectivity index (χ2v) is 21.0. The van der Waals surface area contributed by atoms with Gasteiger partial charge in [-0.05, 0) is 60.4 Å². The van der Waals surface area contributed by atoms with E-state index in [0.29, 0.717) is 56.4 Å². The molecule has 4 unspecified atom stereocenters. The Balaban J connectivity index is 0.00000988. The Kier molecular flexibility index (Phi) is 41.9. The summed E-state index contributed by atoms with van der Waals surface area (Å²) in [5.41, 5.74) is 6.38. The van der Waals surface area contributed by atoms with Gasteiger partial charge < -0.3 is 66.0 Å². The highest BCUT2D eigenvalue weighted by Crippen LogP contribution is 2.41. The summed E-state index contributed by atoms with van der Waals surface area (Å²) in [6, 6.07) is 10.6. The lowest BCUT2D eigenvalue weighted by Gasteiger charge is -2.41. The summed E-state index contributed by atoms with van der Waals surface area (Å²) in [5, 5.41) is 23.1. The zero-order chi connectivity index (χ0) is 65.2. The van der Waals surface area contributed by atoms with E-state index < -0.39 is 103 Å². The van der Waals surface area contributed by atoms with Gasteiger partial charge in [-0.15, -0.1) is 0 Å². The molecule has 1 aromatic heterocycles. The zero-order valence-corrected chi connectivity index (χ0v) is 53.5. The molecule has 8 N–H and O–H groups in total. The van der Waals surface area contributed by atoms with Gasteiger partial charge in [0, 0.05) is 69.1 Å². The van der Waals surface area contributed by atoms with Gasteiger partial charge in [0.2, 0.25) is 47.3 Å². The molecule has 0 fully saturated rings. The van der Waals surface area contributed by atoms with Gasteiger partial charge in [-0.2, -0.15) is 0 Å². The van der Waals surface area contributed by atoms with Crippen molar-refractivity contribution in [2.75, 3.05) is 86.0 Å². The molecule has 3 aromatic rings. The summed E-state index contributed by atoms with van der Waals surface area (Å²) in [5.74, 6) is -6.02. The van der Waals surface area contributed by atoms with Crippen LogP contribution in [0.3, 0.4) is 0 Å². The molecule has 486 valence electrons. The Bertz CT molecular complexity index is 2460. The minimum absolute atomic E-state index is 0.00406. The number of likely N-dealkylation sites (N-methyl/N-ethyl adjacent to an activating group) is 1. The molecule has 0 aliphatic carbocycles. The summed E-state index contributed by atoms with van der Waals surface area (Å²) in [6.45, 7) is 23.5. The molecular weight excluding hydrogens is 1110 g/mol. The zero-order valence-electron chi connectivity index (χ0n) is 53.5. The van der Waals surface area contributed by atoms with Gasteiger partial charge in [0.05, 0.1) is 65.2 Å². The fraction of sp³-hybridized carbons (Fsp3) is 0.619. The first-order chi connectivity index (χ1) is 41.0. The van der Waals surface area contributed by atoms with Crippen molar-refractivity contribution in [2.45, 2.75) is 159 Å². The number of aliphatic hydroxyl groups excluding tert-OH is 1. The number of ether oxygens (including phenoxy) is 3. The van der Waals surface area contributed by atoms with Crippen molar-refractivity contribution in [3.63, 3.8) is 0 Å². The maximum absolute atomic E-state index is 15.2. The number of halogens is 2. The standard InChI is InChI=1S/C56H83F2N9O12.C3H8.2C2H6/c1-8-22-65(55(76)45(32-47(59)69)64-49(71)20-24-77-26-28-79-29-27-78-25-21-61-48(70)18-15-38(3)9-2)36-51(73)62-33-50(72)63-44(54(75)60-7)19-23-67(52(74)37-68)53(56(4,5)6)46-30-40(42-31-41(57)16-17-43(42)58)35-66(46)34-39-13-11-10-12-14-39;1-3-2;2*1-2/h10-14,16-17,30-31,35,38,44-45,53,68H,8-9,15,18-29,32-34,36-37H2,1-7H3,(H2,59,69)(H,60,75)(H,61,70)(H,62,73)(H,63,72)(H,64,71);3H2,1-2H3;2*1-2H3. The molecular formula is C63H103F2N9O12. The molecule has 2 aromatic carbocycles. The lowest BCUT2D eigenvalue weighted by Crippen LogP contribution is -2.54. The third kappa shape index (κ3) is 31.5. The molecule has 21 nitrogen and oxygen atoms in total. The summed E-state index contributed by atoms with van der Waals surface area (Å²) >= 11 is 0. The van der Waals surface area contributed by atoms with Gasteiger partial charge in [-0.1, -0.05) is 126 Å². The number of aromatic nitrogens is 1. The van der Waals surface area contributed by atoms with Crippen molar-refractivity contribution in [3.8, 4) is 11.1 Å². The van der Waals surface area contributed by atoms with Gasteiger partial charge in [0.1, 0.15) is 30.3 Å². The van der Waals surface area contributed by atoms with Gasteiger partial charge in [-0.3, -0.25) is 38.4 Å². The van der Waals surface area contributed by atoms with Gasteiger partial charge >= 0.3 is 0 Å². The molecule has 1 heterocycles. The van der Waals surface area contributed by atoms with Gasteiger partial charge in [0.15, 0.2) is 0 Å². The maximum Gasteiger partial charge on any atom is 0.248 e. The van der Waals surface area contributed by atoms with E-state index in [4.69, 9.17) is 19.9 Å². The molecule has 86 heavy (non-hydrogen) atoms. The number of primary amides is 1. The third-order valence-corrected chi connectivity index (χ3v) is 12.8. The number of nitrogens with zero attached hydrogens (tertiary/aromatic N) is 3. The van der Waals surface area contributed by atoms with Crippen LogP contribution in [-0.4, -0.2) is 165 Å². The first-order valence-electron chi connectivity index (χ1n) is 30.3. The van der Waals surface area contributed by atoms with E-state index in [2.05, 4.69) is 54.3 Å². The summed E-state index contributed by atoms with van der Waals surface area (Å²) < 4.78 is 48.0. The molecule has 0 spiro atoms. The summed E-state index contributed by atoms with van der Waals surface area (Å²) in [4.78, 5) is 107. The third-order valence-electron chi connectivity index (χ3n) is 12.8. The van der Waals surface area contributed by atoms with Gasteiger partial charge in [0.25, 0.3) is 0 Å². The fourth-order valence-electron chi connectivity index (χ4n) is 8.53. The quantitative estimate of drug-likeness (QED) is 0.0302. The maximum atomic E-state index is 15.2. The van der Waals surface area contributed by atoms with Crippen LogP contribution < -0.4 is 32.3 Å². The van der Waals surface area contributed by atoms with E-state index in [-0.39, 0.29) is 63.8 Å². The van der Waals surface area contributed by atoms with Crippen LogP contribution in [-0.2, 0) is 59.1 Å². The molecule has 0 saturated carbocycles. The molecule has 0 bridgehead atoms. The highest BCUT2D eigenvalue weighted by Gasteiger charge is 2.38. The normalized spacial score (nSPS) is 12.1. The number of hydrogen-bond donors (Lipinski definition) is 7. The number of nitrogens with one attached hydrogen (secondary N) is 5. The summed E-state index contributed by atoms with van der Waals surface area (Å²) in [6.07, 6.45) is 4.74. The molecule has 23 heteroatoms. The minimum Gasteiger partial charge on any atom is -0.387 e. The summed E-state index contributed by atoms with van der Waals surface area (Å²) in [7, 11) is 1.35. The molecule has 0 radical (unpaired) electrons. The van der Waals surface area contributed by atoms with E-state index in [1.54, 1.807) is 19.2 Å². The van der Waals surface area contributed by atoms with Crippen molar-refractivity contribution >= 4 is 47.3 Å². The number of nitrogens with two attached hydrogens (primary N) is 1. The van der Waals surface area contributed by atoms with E-state index in [9.17, 15) is 47.9 Å². The molecule has 0 saturated heterocycles. The lowest BCUT2D eigenvalue weighted by molar-refractivity contribution is -0.141. The second-order valence-electron chi connectivity index (χ2n) is 21.0. The Hall–Kier alpha value is -6.82. The Labute approximate surface area is 510 Å². The van der Waals surface area contributed by atoms with Crippen LogP contribution in [0.2, 0.25) is 0 Å². The number of benzene rings is 2. The van der Waals surface area contributed by atoms with Crippen LogP contribution in [0, 0.1) is 23.0 Å². The highest BCUT2D eigenvalue weighted by atomic mass is 19.1. The Morgan fingerprint density at radius 2 is 1.34 bits per heavy atom. The predicted octanol–water partition coefficient (Wildman–Crippen LogP) is 6.58. The van der Waals surface area contributed by atoms with Crippen LogP contribution >= 0.6 is 0 Å². The highest BCUT2D eigenvalue weighted by molar-refractivity contribution is 5.95. The average Bonchev–Trinajstić information content (AvgIpc) is 1.69. The SMILES string of the molecule is CC.CC.CCC.CCCN(CC(=O)NCC(=O)NC(CCN(C(=O)CO)C(c1cc(-c2cc(F)ccc2F)cn1Cc1ccccc1)C(C)(C)C)C(=O)NC)C(=O)C(CC(N)=O)NC(=O)CCOCCOCCOCCNC(=O)CCC(C)CC. The first-order valence-corrected chi connectivity index (χ1v) is 30.3. The number of amides is 8. The number of carbonyl (C=O) groups is 8. The van der Waals surface area contributed by atoms with Crippen LogP contribution in [0.25, 0.3) is 11.1 Å². The van der Waals surface area contributed by atoms with Crippen LogP contribution in [0.4, 0.5) is 8.78 Å². The van der Waals surface area contributed by atoms with E-state index in [1.165, 1.54) is 18.4 Å².